The lowest BCUT2D eigenvalue weighted by atomic mass is 10.3. The standard InChI is InChI=1S/C12H20N2O5/c1-14(6-7-19-8-9-2-3-9)12(18)13-10(15)4-5-11(16)17/h9H,2-8H2,1H3,(H,16,17)(H,13,15,18). The Hall–Kier alpha value is -1.63. The molecule has 0 aliphatic heterocycles. The van der Waals surface area contributed by atoms with Crippen molar-refractivity contribution in [2.24, 2.45) is 5.92 Å². The number of urea groups is 1. The van der Waals surface area contributed by atoms with Gasteiger partial charge in [-0.25, -0.2) is 4.79 Å². The third-order valence-corrected chi connectivity index (χ3v) is 2.78. The molecule has 0 aromatic heterocycles. The number of rotatable bonds is 8. The molecule has 0 heterocycles. The van der Waals surface area contributed by atoms with Gasteiger partial charge in [-0.1, -0.05) is 0 Å². The number of amides is 3. The molecule has 1 rings (SSSR count). The van der Waals surface area contributed by atoms with Crippen molar-refractivity contribution in [2.45, 2.75) is 25.7 Å². The Morgan fingerprint density at radius 2 is 2.00 bits per heavy atom. The van der Waals surface area contributed by atoms with E-state index in [1.807, 2.05) is 0 Å². The molecule has 108 valence electrons. The van der Waals surface area contributed by atoms with Crippen LogP contribution in [0.25, 0.3) is 0 Å². The van der Waals surface area contributed by atoms with E-state index in [0.717, 1.165) is 6.61 Å². The van der Waals surface area contributed by atoms with Crippen LogP contribution in [-0.4, -0.2) is 54.7 Å². The minimum absolute atomic E-state index is 0.201. The third-order valence-electron chi connectivity index (χ3n) is 2.78. The van der Waals surface area contributed by atoms with Gasteiger partial charge in [0.05, 0.1) is 13.0 Å². The van der Waals surface area contributed by atoms with Crippen LogP contribution in [0.5, 0.6) is 0 Å². The second-order valence-electron chi connectivity index (χ2n) is 4.69. The average molecular weight is 272 g/mol. The van der Waals surface area contributed by atoms with Gasteiger partial charge in [-0.2, -0.15) is 0 Å². The molecule has 0 bridgehead atoms. The summed E-state index contributed by atoms with van der Waals surface area (Å²) in [6.45, 7) is 1.56. The van der Waals surface area contributed by atoms with Gasteiger partial charge in [-0.05, 0) is 18.8 Å². The van der Waals surface area contributed by atoms with Crippen molar-refractivity contribution in [3.8, 4) is 0 Å². The summed E-state index contributed by atoms with van der Waals surface area (Å²) >= 11 is 0. The van der Waals surface area contributed by atoms with Crippen LogP contribution in [0.4, 0.5) is 4.79 Å². The fraction of sp³-hybridized carbons (Fsp3) is 0.750. The quantitative estimate of drug-likeness (QED) is 0.625. The highest BCUT2D eigenvalue weighted by molar-refractivity contribution is 5.95. The van der Waals surface area contributed by atoms with Crippen molar-refractivity contribution in [3.63, 3.8) is 0 Å². The van der Waals surface area contributed by atoms with Crippen LogP contribution in [0.15, 0.2) is 0 Å². The Morgan fingerprint density at radius 1 is 1.32 bits per heavy atom. The van der Waals surface area contributed by atoms with Gasteiger partial charge >= 0.3 is 12.0 Å². The van der Waals surface area contributed by atoms with Crippen molar-refractivity contribution in [3.05, 3.63) is 0 Å². The van der Waals surface area contributed by atoms with Crippen molar-refractivity contribution in [2.75, 3.05) is 26.8 Å². The molecule has 3 amide bonds. The van der Waals surface area contributed by atoms with Crippen molar-refractivity contribution < 1.29 is 24.2 Å². The SMILES string of the molecule is CN(CCOCC1CC1)C(=O)NC(=O)CCC(=O)O. The van der Waals surface area contributed by atoms with E-state index in [1.165, 1.54) is 17.7 Å². The fourth-order valence-electron chi connectivity index (χ4n) is 1.34. The van der Waals surface area contributed by atoms with Crippen LogP contribution in [-0.2, 0) is 14.3 Å². The predicted octanol–water partition coefficient (Wildman–Crippen LogP) is 0.446. The van der Waals surface area contributed by atoms with E-state index in [0.29, 0.717) is 19.1 Å². The summed E-state index contributed by atoms with van der Waals surface area (Å²) in [5, 5.41) is 10.5. The first-order chi connectivity index (χ1) is 8.99. The average Bonchev–Trinajstić information content (AvgIpc) is 3.15. The first kappa shape index (κ1) is 15.4. The summed E-state index contributed by atoms with van der Waals surface area (Å²) in [7, 11) is 1.56. The van der Waals surface area contributed by atoms with Crippen LogP contribution in [0.2, 0.25) is 0 Å². The maximum atomic E-state index is 11.5. The van der Waals surface area contributed by atoms with Gasteiger partial charge in [-0.15, -0.1) is 0 Å². The van der Waals surface area contributed by atoms with Gasteiger partial charge in [-0.3, -0.25) is 14.9 Å². The van der Waals surface area contributed by atoms with E-state index in [-0.39, 0.29) is 12.8 Å². The number of hydrogen-bond donors (Lipinski definition) is 2. The zero-order chi connectivity index (χ0) is 14.3. The normalized spacial score (nSPS) is 13.9. The number of carboxylic acids is 1. The monoisotopic (exact) mass is 272 g/mol. The highest BCUT2D eigenvalue weighted by Crippen LogP contribution is 2.28. The minimum Gasteiger partial charge on any atom is -0.481 e. The number of nitrogens with zero attached hydrogens (tertiary/aromatic N) is 1. The van der Waals surface area contributed by atoms with E-state index in [9.17, 15) is 14.4 Å². The molecular formula is C12H20N2O5. The molecule has 1 saturated carbocycles. The van der Waals surface area contributed by atoms with Crippen LogP contribution >= 0.6 is 0 Å². The number of carbonyl (C=O) groups excluding carboxylic acids is 2. The second kappa shape index (κ2) is 7.73. The lowest BCUT2D eigenvalue weighted by Crippen LogP contribution is -2.42. The largest absolute Gasteiger partial charge is 0.481 e. The van der Waals surface area contributed by atoms with Crippen LogP contribution in [0, 0.1) is 5.92 Å². The summed E-state index contributed by atoms with van der Waals surface area (Å²) in [6.07, 6.45) is 1.95. The molecule has 0 radical (unpaired) electrons. The number of aliphatic carboxylic acids is 1. The topological polar surface area (TPSA) is 95.9 Å². The van der Waals surface area contributed by atoms with E-state index in [1.54, 1.807) is 7.05 Å². The molecule has 0 aromatic rings. The Bertz CT molecular complexity index is 341. The molecule has 0 unspecified atom stereocenters. The number of ether oxygens (including phenoxy) is 1. The first-order valence-electron chi connectivity index (χ1n) is 6.33. The fourth-order valence-corrected chi connectivity index (χ4v) is 1.34. The Labute approximate surface area is 111 Å². The van der Waals surface area contributed by atoms with Crippen LogP contribution < -0.4 is 5.32 Å². The lowest BCUT2D eigenvalue weighted by molar-refractivity contribution is -0.138. The maximum absolute atomic E-state index is 11.5. The highest BCUT2D eigenvalue weighted by atomic mass is 16.5. The molecule has 19 heavy (non-hydrogen) atoms. The summed E-state index contributed by atoms with van der Waals surface area (Å²) in [6, 6.07) is -0.537. The van der Waals surface area contributed by atoms with Crippen molar-refractivity contribution >= 4 is 17.9 Å². The third kappa shape index (κ3) is 7.40. The number of imide groups is 1. The van der Waals surface area contributed by atoms with E-state index >= 15 is 0 Å². The second-order valence-corrected chi connectivity index (χ2v) is 4.69. The smallest absolute Gasteiger partial charge is 0.323 e. The number of carbonyl (C=O) groups is 3. The van der Waals surface area contributed by atoms with Gasteiger partial charge in [0.1, 0.15) is 0 Å². The maximum Gasteiger partial charge on any atom is 0.323 e. The summed E-state index contributed by atoms with van der Waals surface area (Å²) < 4.78 is 5.38. The summed E-state index contributed by atoms with van der Waals surface area (Å²) in [5.74, 6) is -0.973. The number of nitrogens with one attached hydrogen (secondary N) is 1. The molecule has 0 spiro atoms. The summed E-state index contributed by atoms with van der Waals surface area (Å²) in [5.41, 5.74) is 0. The Balaban J connectivity index is 2.08. The number of hydrogen-bond acceptors (Lipinski definition) is 4. The van der Waals surface area contributed by atoms with E-state index < -0.39 is 17.9 Å². The van der Waals surface area contributed by atoms with Crippen LogP contribution in [0.3, 0.4) is 0 Å². The molecule has 0 atom stereocenters. The first-order valence-corrected chi connectivity index (χ1v) is 6.33. The molecule has 0 saturated heterocycles. The van der Waals surface area contributed by atoms with E-state index in [4.69, 9.17) is 9.84 Å². The molecule has 7 heteroatoms. The van der Waals surface area contributed by atoms with Crippen LogP contribution in [0.1, 0.15) is 25.7 Å². The molecule has 7 nitrogen and oxygen atoms in total. The predicted molar refractivity (Wildman–Crippen MR) is 66.6 cm³/mol. The Morgan fingerprint density at radius 3 is 2.58 bits per heavy atom. The van der Waals surface area contributed by atoms with Crippen molar-refractivity contribution in [1.82, 2.24) is 10.2 Å². The van der Waals surface area contributed by atoms with Gasteiger partial charge in [0.2, 0.25) is 5.91 Å². The molecule has 1 aliphatic rings. The molecular weight excluding hydrogens is 252 g/mol. The molecule has 1 fully saturated rings. The summed E-state index contributed by atoms with van der Waals surface area (Å²) in [4.78, 5) is 34.4. The van der Waals surface area contributed by atoms with E-state index in [2.05, 4.69) is 5.32 Å². The zero-order valence-electron chi connectivity index (χ0n) is 11.1. The lowest BCUT2D eigenvalue weighted by Gasteiger charge is -2.17. The molecule has 1 aliphatic carbocycles. The van der Waals surface area contributed by atoms with Crippen molar-refractivity contribution in [1.29, 1.82) is 0 Å². The number of carboxylic acid groups (broad SMARTS) is 1. The highest BCUT2D eigenvalue weighted by Gasteiger charge is 2.21. The zero-order valence-corrected chi connectivity index (χ0v) is 11.1. The van der Waals surface area contributed by atoms with Gasteiger partial charge in [0, 0.05) is 26.6 Å². The molecule has 0 aromatic carbocycles. The van der Waals surface area contributed by atoms with Gasteiger partial charge in [0.15, 0.2) is 0 Å². The van der Waals surface area contributed by atoms with Gasteiger partial charge in [0.25, 0.3) is 0 Å². The minimum atomic E-state index is -1.07. The number of likely N-dealkylation sites (N-methyl/N-ethyl adjacent to an activating group) is 1. The van der Waals surface area contributed by atoms with Gasteiger partial charge < -0.3 is 14.7 Å². The molecule has 2 N–H and O–H groups in total. The Kier molecular flexibility index (Phi) is 6.27.